The number of aryl methyl sites for hydroxylation is 1. The topological polar surface area (TPSA) is 84.2 Å². The molecule has 0 aromatic carbocycles. The molecule has 21 heavy (non-hydrogen) atoms. The monoisotopic (exact) mass is 293 g/mol. The molecule has 1 aromatic heterocycles. The van der Waals surface area contributed by atoms with Gasteiger partial charge in [0.25, 0.3) is 5.91 Å². The Balaban J connectivity index is 2.23. The summed E-state index contributed by atoms with van der Waals surface area (Å²) in [4.78, 5) is 23.8. The Hall–Kier alpha value is -1.85. The quantitative estimate of drug-likeness (QED) is 0.888. The van der Waals surface area contributed by atoms with Crippen LogP contribution in [0.25, 0.3) is 0 Å². The lowest BCUT2D eigenvalue weighted by atomic mass is 9.96. The number of amides is 1. The van der Waals surface area contributed by atoms with Gasteiger partial charge in [0.15, 0.2) is 0 Å². The van der Waals surface area contributed by atoms with Crippen LogP contribution in [0.3, 0.4) is 0 Å². The second kappa shape index (κ2) is 4.86. The molecule has 1 aliphatic rings. The highest BCUT2D eigenvalue weighted by molar-refractivity contribution is 5.96. The fraction of sp³-hybridized carbons (Fsp3) is 0.667. The van der Waals surface area contributed by atoms with Gasteiger partial charge in [-0.1, -0.05) is 0 Å². The van der Waals surface area contributed by atoms with Crippen LogP contribution in [0, 0.1) is 12.8 Å². The minimum atomic E-state index is -1.21. The molecule has 1 heterocycles. The van der Waals surface area contributed by atoms with Crippen LogP contribution >= 0.6 is 0 Å². The first-order chi connectivity index (χ1) is 9.55. The zero-order chi connectivity index (χ0) is 16.0. The molecule has 1 saturated carbocycles. The Labute approximate surface area is 124 Å². The maximum absolute atomic E-state index is 12.3. The smallest absolute Gasteiger partial charge is 0.329 e. The summed E-state index contributed by atoms with van der Waals surface area (Å²) in [5.41, 5.74) is -0.308. The molecule has 2 N–H and O–H groups in total. The first-order valence-corrected chi connectivity index (χ1v) is 7.19. The molecule has 1 aliphatic carbocycles. The van der Waals surface area contributed by atoms with Gasteiger partial charge in [-0.15, -0.1) is 0 Å². The normalized spacial score (nSPS) is 18.1. The van der Waals surface area contributed by atoms with E-state index in [-0.39, 0.29) is 17.2 Å². The minimum absolute atomic E-state index is 0.00440. The van der Waals surface area contributed by atoms with Crippen LogP contribution in [0.1, 0.15) is 56.7 Å². The Morgan fingerprint density at radius 3 is 2.29 bits per heavy atom. The van der Waals surface area contributed by atoms with Gasteiger partial charge in [0.2, 0.25) is 0 Å². The minimum Gasteiger partial charge on any atom is -0.480 e. The number of rotatable bonds is 4. The molecular weight excluding hydrogens is 270 g/mol. The average Bonchev–Trinajstić information content (AvgIpc) is 3.10. The molecule has 1 amide bonds. The summed E-state index contributed by atoms with van der Waals surface area (Å²) in [6.45, 7) is 9.45. The Morgan fingerprint density at radius 1 is 1.33 bits per heavy atom. The highest BCUT2D eigenvalue weighted by Crippen LogP contribution is 2.39. The van der Waals surface area contributed by atoms with Crippen molar-refractivity contribution in [3.63, 3.8) is 0 Å². The van der Waals surface area contributed by atoms with Crippen molar-refractivity contribution in [1.29, 1.82) is 0 Å². The molecule has 116 valence electrons. The van der Waals surface area contributed by atoms with Crippen LogP contribution in [-0.4, -0.2) is 32.3 Å². The predicted octanol–water partition coefficient (Wildman–Crippen LogP) is 1.93. The zero-order valence-corrected chi connectivity index (χ0v) is 13.2. The molecule has 0 unspecified atom stereocenters. The number of hydrogen-bond acceptors (Lipinski definition) is 3. The number of carboxylic acids is 1. The van der Waals surface area contributed by atoms with Crippen LogP contribution in [0.2, 0.25) is 0 Å². The van der Waals surface area contributed by atoms with Gasteiger partial charge in [-0.05, 0) is 59.4 Å². The lowest BCUT2D eigenvalue weighted by Gasteiger charge is -2.25. The molecule has 1 aromatic rings. The van der Waals surface area contributed by atoms with E-state index in [9.17, 15) is 14.7 Å². The summed E-state index contributed by atoms with van der Waals surface area (Å²) in [5, 5.41) is 16.4. The second-order valence-electron chi connectivity index (χ2n) is 6.99. The summed E-state index contributed by atoms with van der Waals surface area (Å²) in [5.74, 6) is -1.42. The summed E-state index contributed by atoms with van der Waals surface area (Å²) in [6.07, 6.45) is 1.66. The first-order valence-electron chi connectivity index (χ1n) is 7.19. The van der Waals surface area contributed by atoms with Crippen molar-refractivity contribution in [2.45, 2.75) is 58.5 Å². The fourth-order valence-electron chi connectivity index (χ4n) is 2.56. The van der Waals surface area contributed by atoms with Gasteiger partial charge < -0.3 is 10.4 Å². The van der Waals surface area contributed by atoms with E-state index in [1.54, 1.807) is 17.7 Å². The third-order valence-corrected chi connectivity index (χ3v) is 3.97. The van der Waals surface area contributed by atoms with E-state index in [2.05, 4.69) is 10.4 Å². The van der Waals surface area contributed by atoms with Crippen molar-refractivity contribution < 1.29 is 14.7 Å². The molecule has 0 radical (unpaired) electrons. The number of carboxylic acid groups (broad SMARTS) is 1. The van der Waals surface area contributed by atoms with E-state index in [0.29, 0.717) is 0 Å². The predicted molar refractivity (Wildman–Crippen MR) is 78.2 cm³/mol. The van der Waals surface area contributed by atoms with E-state index >= 15 is 0 Å². The van der Waals surface area contributed by atoms with Crippen molar-refractivity contribution in [1.82, 2.24) is 15.1 Å². The van der Waals surface area contributed by atoms with E-state index in [0.717, 1.165) is 18.5 Å². The number of nitrogens with zero attached hydrogens (tertiary/aromatic N) is 2. The van der Waals surface area contributed by atoms with Crippen LogP contribution in [-0.2, 0) is 10.3 Å². The second-order valence-corrected chi connectivity index (χ2v) is 6.99. The summed E-state index contributed by atoms with van der Waals surface area (Å²) < 4.78 is 1.77. The van der Waals surface area contributed by atoms with Crippen molar-refractivity contribution >= 4 is 11.9 Å². The highest BCUT2D eigenvalue weighted by atomic mass is 16.4. The standard InChI is InChI=1S/C15H23N3O3/c1-9-8-11(17-18(9)14(2,3)4)12(19)16-15(5,13(20)21)10-6-7-10/h8,10H,6-7H2,1-5H3,(H,16,19)(H,20,21)/t15-/m0/s1. The van der Waals surface area contributed by atoms with E-state index in [1.807, 2.05) is 27.7 Å². The largest absolute Gasteiger partial charge is 0.480 e. The lowest BCUT2D eigenvalue weighted by Crippen LogP contribution is -2.54. The molecule has 6 heteroatoms. The summed E-state index contributed by atoms with van der Waals surface area (Å²) >= 11 is 0. The lowest BCUT2D eigenvalue weighted by molar-refractivity contribution is -0.144. The third kappa shape index (κ3) is 2.94. The van der Waals surface area contributed by atoms with E-state index in [4.69, 9.17) is 0 Å². The fourth-order valence-corrected chi connectivity index (χ4v) is 2.56. The molecule has 6 nitrogen and oxygen atoms in total. The van der Waals surface area contributed by atoms with Gasteiger partial charge in [-0.3, -0.25) is 9.48 Å². The van der Waals surface area contributed by atoms with Crippen molar-refractivity contribution in [3.05, 3.63) is 17.5 Å². The molecule has 2 rings (SSSR count). The molecule has 0 aliphatic heterocycles. The van der Waals surface area contributed by atoms with Crippen LogP contribution in [0.4, 0.5) is 0 Å². The summed E-state index contributed by atoms with van der Waals surface area (Å²) in [6, 6.07) is 1.69. The van der Waals surface area contributed by atoms with Crippen molar-refractivity contribution in [3.8, 4) is 0 Å². The maximum Gasteiger partial charge on any atom is 0.329 e. The number of aliphatic carboxylic acids is 1. The number of carbonyl (C=O) groups excluding carboxylic acids is 1. The number of nitrogens with one attached hydrogen (secondary N) is 1. The average molecular weight is 293 g/mol. The molecule has 1 fully saturated rings. The zero-order valence-electron chi connectivity index (χ0n) is 13.2. The Bertz CT molecular complexity index is 581. The molecular formula is C15H23N3O3. The van der Waals surface area contributed by atoms with Crippen molar-refractivity contribution in [2.75, 3.05) is 0 Å². The molecule has 0 saturated heterocycles. The Morgan fingerprint density at radius 2 is 1.90 bits per heavy atom. The first kappa shape index (κ1) is 15.5. The number of carbonyl (C=O) groups is 2. The van der Waals surface area contributed by atoms with E-state index < -0.39 is 17.4 Å². The van der Waals surface area contributed by atoms with Gasteiger partial charge >= 0.3 is 5.97 Å². The molecule has 0 spiro atoms. The van der Waals surface area contributed by atoms with Crippen LogP contribution < -0.4 is 5.32 Å². The molecule has 1 atom stereocenters. The maximum atomic E-state index is 12.3. The van der Waals surface area contributed by atoms with Gasteiger partial charge in [0.1, 0.15) is 11.2 Å². The Kier molecular flexibility index (Phi) is 3.59. The van der Waals surface area contributed by atoms with Gasteiger partial charge in [0, 0.05) is 5.69 Å². The summed E-state index contributed by atoms with van der Waals surface area (Å²) in [7, 11) is 0. The van der Waals surface area contributed by atoms with Gasteiger partial charge in [-0.2, -0.15) is 5.10 Å². The number of hydrogen-bond donors (Lipinski definition) is 2. The number of aromatic nitrogens is 2. The molecule has 0 bridgehead atoms. The van der Waals surface area contributed by atoms with Crippen LogP contribution in [0.15, 0.2) is 6.07 Å². The van der Waals surface area contributed by atoms with E-state index in [1.165, 1.54) is 0 Å². The van der Waals surface area contributed by atoms with Gasteiger partial charge in [-0.25, -0.2) is 4.79 Å². The van der Waals surface area contributed by atoms with Gasteiger partial charge in [0.05, 0.1) is 5.54 Å². The third-order valence-electron chi connectivity index (χ3n) is 3.97. The van der Waals surface area contributed by atoms with Crippen LogP contribution in [0.5, 0.6) is 0 Å². The SMILES string of the molecule is Cc1cc(C(=O)N[C@](C)(C(=O)O)C2CC2)nn1C(C)(C)C. The van der Waals surface area contributed by atoms with Crippen molar-refractivity contribution in [2.24, 2.45) is 5.92 Å². The highest BCUT2D eigenvalue weighted by Gasteiger charge is 2.48.